The minimum Gasteiger partial charge on any atom is -0.478 e. The van der Waals surface area contributed by atoms with Crippen LogP contribution in [0, 0.1) is 0 Å². The van der Waals surface area contributed by atoms with Crippen molar-refractivity contribution in [2.75, 3.05) is 25.5 Å². The molecule has 0 radical (unpaired) electrons. The molecule has 1 aliphatic heterocycles. The number of piperidine rings is 1. The maximum Gasteiger partial charge on any atom is 0.339 e. The lowest BCUT2D eigenvalue weighted by atomic mass is 10.0. The molecule has 0 aromatic carbocycles. The predicted molar refractivity (Wildman–Crippen MR) is 79.6 cm³/mol. The maximum absolute atomic E-state index is 11.5. The zero-order chi connectivity index (χ0) is 15.0. The molecule has 0 bridgehead atoms. The Hall–Kier alpha value is -2.15. The van der Waals surface area contributed by atoms with Gasteiger partial charge in [-0.25, -0.2) is 9.78 Å². The third-order valence-electron chi connectivity index (χ3n) is 4.06. The first-order chi connectivity index (χ1) is 10.1. The van der Waals surface area contributed by atoms with Crippen molar-refractivity contribution in [1.82, 2.24) is 19.7 Å². The van der Waals surface area contributed by atoms with E-state index in [1.165, 1.54) is 6.20 Å². The predicted octanol–water partition coefficient (Wildman–Crippen LogP) is 1.17. The molecule has 3 heterocycles. The molecule has 2 aromatic rings. The maximum atomic E-state index is 11.5. The van der Waals surface area contributed by atoms with Crippen LogP contribution in [0.4, 0.5) is 5.69 Å². The van der Waals surface area contributed by atoms with Gasteiger partial charge in [-0.1, -0.05) is 0 Å². The van der Waals surface area contributed by atoms with Crippen LogP contribution in [0.15, 0.2) is 12.4 Å². The summed E-state index contributed by atoms with van der Waals surface area (Å²) in [6, 6.07) is 0.283. The van der Waals surface area contributed by atoms with Gasteiger partial charge in [0.25, 0.3) is 0 Å². The van der Waals surface area contributed by atoms with Crippen LogP contribution in [0.1, 0.15) is 23.2 Å². The van der Waals surface area contributed by atoms with Crippen molar-refractivity contribution < 1.29 is 9.90 Å². The van der Waals surface area contributed by atoms with Gasteiger partial charge in [0.1, 0.15) is 5.56 Å². The third kappa shape index (κ3) is 2.56. The zero-order valence-corrected chi connectivity index (χ0v) is 12.2. The first-order valence-corrected chi connectivity index (χ1v) is 7.05. The summed E-state index contributed by atoms with van der Waals surface area (Å²) in [5.41, 5.74) is 1.53. The van der Waals surface area contributed by atoms with Crippen molar-refractivity contribution in [1.29, 1.82) is 0 Å². The summed E-state index contributed by atoms with van der Waals surface area (Å²) in [6.07, 6.45) is 5.08. The Bertz CT molecular complexity index is 673. The van der Waals surface area contributed by atoms with Crippen LogP contribution in [-0.4, -0.2) is 56.9 Å². The van der Waals surface area contributed by atoms with Gasteiger partial charge in [0.05, 0.1) is 17.3 Å². The smallest absolute Gasteiger partial charge is 0.339 e. The number of aryl methyl sites for hydroxylation is 1. The number of hydrogen-bond acceptors (Lipinski definition) is 5. The number of carbonyl (C=O) groups is 1. The van der Waals surface area contributed by atoms with E-state index in [1.807, 2.05) is 0 Å². The minimum atomic E-state index is -0.969. The molecule has 21 heavy (non-hydrogen) atoms. The van der Waals surface area contributed by atoms with E-state index in [9.17, 15) is 9.90 Å². The Morgan fingerprint density at radius 1 is 1.33 bits per heavy atom. The lowest BCUT2D eigenvalue weighted by Gasteiger charge is -2.30. The Balaban J connectivity index is 1.98. The molecule has 0 amide bonds. The number of aromatic nitrogens is 3. The molecule has 3 rings (SSSR count). The van der Waals surface area contributed by atoms with E-state index in [0.717, 1.165) is 31.3 Å². The molecule has 7 heteroatoms. The molecule has 0 spiro atoms. The van der Waals surface area contributed by atoms with Gasteiger partial charge in [-0.2, -0.15) is 5.10 Å². The highest BCUT2D eigenvalue weighted by Gasteiger charge is 2.22. The minimum absolute atomic E-state index is 0.203. The van der Waals surface area contributed by atoms with Gasteiger partial charge in [-0.15, -0.1) is 0 Å². The first-order valence-electron chi connectivity index (χ1n) is 7.05. The van der Waals surface area contributed by atoms with Crippen molar-refractivity contribution in [2.45, 2.75) is 18.9 Å². The lowest BCUT2D eigenvalue weighted by molar-refractivity contribution is 0.0697. The Morgan fingerprint density at radius 2 is 2.05 bits per heavy atom. The molecular weight excluding hydrogens is 270 g/mol. The number of fused-ring (bicyclic) bond motifs is 1. The van der Waals surface area contributed by atoms with E-state index in [0.29, 0.717) is 11.3 Å². The number of carboxylic acids is 1. The quantitative estimate of drug-likeness (QED) is 0.882. The van der Waals surface area contributed by atoms with Gasteiger partial charge in [0.2, 0.25) is 0 Å². The fourth-order valence-corrected chi connectivity index (χ4v) is 2.77. The summed E-state index contributed by atoms with van der Waals surface area (Å²) in [7, 11) is 3.90. The fourth-order valence-electron chi connectivity index (χ4n) is 2.77. The average Bonchev–Trinajstić information content (AvgIpc) is 2.83. The highest BCUT2D eigenvalue weighted by atomic mass is 16.4. The van der Waals surface area contributed by atoms with Gasteiger partial charge >= 0.3 is 5.97 Å². The number of likely N-dealkylation sites (tertiary alicyclic amines) is 1. The second kappa shape index (κ2) is 5.33. The fraction of sp³-hybridized carbons (Fsp3) is 0.500. The Morgan fingerprint density at radius 3 is 2.71 bits per heavy atom. The molecular formula is C14H19N5O2. The van der Waals surface area contributed by atoms with Crippen LogP contribution in [0.2, 0.25) is 0 Å². The van der Waals surface area contributed by atoms with Crippen molar-refractivity contribution in [2.24, 2.45) is 7.05 Å². The number of pyridine rings is 1. The number of aromatic carboxylic acids is 1. The van der Waals surface area contributed by atoms with Crippen molar-refractivity contribution in [3.63, 3.8) is 0 Å². The average molecular weight is 289 g/mol. The number of nitrogens with one attached hydrogen (secondary N) is 1. The number of nitrogens with zero attached hydrogens (tertiary/aromatic N) is 4. The second-order valence-corrected chi connectivity index (χ2v) is 5.58. The van der Waals surface area contributed by atoms with Crippen LogP contribution in [-0.2, 0) is 7.05 Å². The molecule has 2 N–H and O–H groups in total. The molecule has 0 aliphatic carbocycles. The van der Waals surface area contributed by atoms with Crippen LogP contribution >= 0.6 is 0 Å². The van der Waals surface area contributed by atoms with Crippen molar-refractivity contribution >= 4 is 22.7 Å². The number of anilines is 1. The van der Waals surface area contributed by atoms with Crippen LogP contribution in [0.25, 0.3) is 11.0 Å². The highest BCUT2D eigenvalue weighted by molar-refractivity contribution is 6.03. The molecule has 1 fully saturated rings. The van der Waals surface area contributed by atoms with Gasteiger partial charge in [0, 0.05) is 19.3 Å². The normalized spacial score (nSPS) is 17.2. The van der Waals surface area contributed by atoms with Gasteiger partial charge in [-0.05, 0) is 33.0 Å². The van der Waals surface area contributed by atoms with E-state index in [2.05, 4.69) is 27.3 Å². The molecule has 2 aromatic heterocycles. The van der Waals surface area contributed by atoms with Crippen molar-refractivity contribution in [3.8, 4) is 0 Å². The number of rotatable bonds is 3. The van der Waals surface area contributed by atoms with Gasteiger partial charge < -0.3 is 15.3 Å². The molecule has 1 saturated heterocycles. The van der Waals surface area contributed by atoms with Gasteiger partial charge in [-0.3, -0.25) is 4.68 Å². The molecule has 7 nitrogen and oxygen atoms in total. The van der Waals surface area contributed by atoms with E-state index in [-0.39, 0.29) is 11.6 Å². The summed E-state index contributed by atoms with van der Waals surface area (Å²) in [5, 5.41) is 17.7. The highest BCUT2D eigenvalue weighted by Crippen LogP contribution is 2.28. The number of carboxylic acid groups (broad SMARTS) is 1. The second-order valence-electron chi connectivity index (χ2n) is 5.58. The zero-order valence-electron chi connectivity index (χ0n) is 12.2. The molecule has 1 aliphatic rings. The van der Waals surface area contributed by atoms with E-state index in [1.54, 1.807) is 17.9 Å². The Kier molecular flexibility index (Phi) is 3.50. The monoisotopic (exact) mass is 289 g/mol. The summed E-state index contributed by atoms with van der Waals surface area (Å²) in [4.78, 5) is 17.9. The largest absolute Gasteiger partial charge is 0.478 e. The third-order valence-corrected chi connectivity index (χ3v) is 4.06. The van der Waals surface area contributed by atoms with Crippen molar-refractivity contribution in [3.05, 3.63) is 18.0 Å². The summed E-state index contributed by atoms with van der Waals surface area (Å²) in [5.74, 6) is -0.969. The van der Waals surface area contributed by atoms with Crippen LogP contribution in [0.3, 0.4) is 0 Å². The lowest BCUT2D eigenvalue weighted by Crippen LogP contribution is -2.37. The van der Waals surface area contributed by atoms with Gasteiger partial charge in [0.15, 0.2) is 5.65 Å². The summed E-state index contributed by atoms with van der Waals surface area (Å²) >= 11 is 0. The van der Waals surface area contributed by atoms with E-state index < -0.39 is 5.97 Å². The molecule has 0 atom stereocenters. The molecule has 0 unspecified atom stereocenters. The SMILES string of the molecule is CN1CCC(Nc2c(C(=O)O)cnc3c2cnn3C)CC1. The molecule has 112 valence electrons. The Labute approximate surface area is 122 Å². The number of hydrogen-bond donors (Lipinski definition) is 2. The van der Waals surface area contributed by atoms with E-state index >= 15 is 0 Å². The van der Waals surface area contributed by atoms with Crippen LogP contribution in [0.5, 0.6) is 0 Å². The van der Waals surface area contributed by atoms with E-state index in [4.69, 9.17) is 0 Å². The summed E-state index contributed by atoms with van der Waals surface area (Å²) in [6.45, 7) is 2.03. The first kappa shape index (κ1) is 13.8. The topological polar surface area (TPSA) is 83.3 Å². The standard InChI is InChI=1S/C14H19N5O2/c1-18-5-3-9(4-6-18)17-12-10-8-16-19(2)13(10)15-7-11(12)14(20)21/h7-9H,3-6H2,1-2H3,(H,15,17)(H,20,21). The summed E-state index contributed by atoms with van der Waals surface area (Å²) < 4.78 is 1.65. The van der Waals surface area contributed by atoms with Crippen LogP contribution < -0.4 is 5.32 Å². The molecule has 0 saturated carbocycles.